The van der Waals surface area contributed by atoms with Crippen molar-refractivity contribution in [3.05, 3.63) is 52.8 Å². The van der Waals surface area contributed by atoms with E-state index >= 15 is 0 Å². The van der Waals surface area contributed by atoms with E-state index in [2.05, 4.69) is 10.1 Å². The molecule has 0 spiro atoms. The van der Waals surface area contributed by atoms with Crippen molar-refractivity contribution in [3.63, 3.8) is 0 Å². The Hall–Kier alpha value is -2.78. The Kier molecular flexibility index (Phi) is 5.57. The number of carbonyl (C=O) groups is 1. The first kappa shape index (κ1) is 21.5. The lowest BCUT2D eigenvalue weighted by atomic mass is 10.1. The fourth-order valence-corrected chi connectivity index (χ4v) is 5.58. The minimum Gasteiger partial charge on any atom is -0.337 e. The molecule has 0 N–H and O–H groups in total. The van der Waals surface area contributed by atoms with Crippen molar-refractivity contribution in [1.29, 1.82) is 0 Å². The molecule has 1 aliphatic rings. The van der Waals surface area contributed by atoms with E-state index in [1.54, 1.807) is 39.9 Å². The smallest absolute Gasteiger partial charge is 0.254 e. The van der Waals surface area contributed by atoms with E-state index in [0.29, 0.717) is 37.3 Å². The summed E-state index contributed by atoms with van der Waals surface area (Å²) in [4.78, 5) is 20.0. The number of pyridine rings is 1. The van der Waals surface area contributed by atoms with Gasteiger partial charge < -0.3 is 4.90 Å². The molecule has 0 radical (unpaired) electrons. The molecule has 0 unspecified atom stereocenters. The van der Waals surface area contributed by atoms with Crippen molar-refractivity contribution < 1.29 is 13.2 Å². The van der Waals surface area contributed by atoms with Gasteiger partial charge in [-0.05, 0) is 45.4 Å². The maximum atomic E-state index is 13.4. The van der Waals surface area contributed by atoms with Gasteiger partial charge in [-0.2, -0.15) is 9.40 Å². The zero-order chi connectivity index (χ0) is 22.3. The Morgan fingerprint density at radius 1 is 1.00 bits per heavy atom. The molecule has 0 bridgehead atoms. The number of aromatic nitrogens is 3. The van der Waals surface area contributed by atoms with Crippen LogP contribution in [0.5, 0.6) is 0 Å². The SMILES string of the molecule is Cc1ccc(S(=O)(=O)N2CCCN(C(=O)c3cc(C)nc4c3c(C)nn4C)CC2)cc1. The second-order valence-electron chi connectivity index (χ2n) is 8.08. The first-order valence-electron chi connectivity index (χ1n) is 10.4. The summed E-state index contributed by atoms with van der Waals surface area (Å²) in [5, 5.41) is 5.17. The van der Waals surface area contributed by atoms with Gasteiger partial charge in [-0.15, -0.1) is 0 Å². The van der Waals surface area contributed by atoms with Gasteiger partial charge in [0, 0.05) is 38.9 Å². The number of carbonyl (C=O) groups excluding carboxylic acids is 1. The second kappa shape index (κ2) is 8.05. The Morgan fingerprint density at radius 3 is 2.42 bits per heavy atom. The number of rotatable bonds is 3. The number of hydrogen-bond donors (Lipinski definition) is 0. The number of aryl methyl sites for hydroxylation is 4. The van der Waals surface area contributed by atoms with Gasteiger partial charge in [-0.1, -0.05) is 17.7 Å². The number of amides is 1. The molecule has 0 saturated carbocycles. The predicted octanol–water partition coefficient (Wildman–Crippen LogP) is 2.43. The first-order valence-corrected chi connectivity index (χ1v) is 11.8. The Labute approximate surface area is 182 Å². The van der Waals surface area contributed by atoms with Gasteiger partial charge in [0.15, 0.2) is 5.65 Å². The molecule has 0 atom stereocenters. The molecule has 9 heteroatoms. The lowest BCUT2D eigenvalue weighted by Gasteiger charge is -2.22. The van der Waals surface area contributed by atoms with Crippen molar-refractivity contribution in [2.75, 3.05) is 26.2 Å². The van der Waals surface area contributed by atoms with Gasteiger partial charge in [0.2, 0.25) is 10.0 Å². The molecule has 1 fully saturated rings. The Balaban J connectivity index is 1.59. The van der Waals surface area contributed by atoms with Crippen LogP contribution in [0.3, 0.4) is 0 Å². The standard InChI is InChI=1S/C22H27N5O3S/c1-15-6-8-18(9-7-15)31(29,30)27-11-5-10-26(12-13-27)22(28)19-14-16(2)23-21-20(19)17(3)24-25(21)4/h6-9,14H,5,10-13H2,1-4H3. The van der Waals surface area contributed by atoms with Crippen molar-refractivity contribution in [1.82, 2.24) is 24.0 Å². The van der Waals surface area contributed by atoms with Crippen LogP contribution in [-0.4, -0.2) is 64.5 Å². The Morgan fingerprint density at radius 2 is 1.71 bits per heavy atom. The summed E-state index contributed by atoms with van der Waals surface area (Å²) in [6.07, 6.45) is 0.579. The molecular formula is C22H27N5O3S. The van der Waals surface area contributed by atoms with E-state index in [1.165, 1.54) is 4.31 Å². The molecule has 8 nitrogen and oxygen atoms in total. The number of fused-ring (bicyclic) bond motifs is 1. The van der Waals surface area contributed by atoms with Crippen LogP contribution in [0, 0.1) is 20.8 Å². The number of hydrogen-bond acceptors (Lipinski definition) is 5. The monoisotopic (exact) mass is 441 g/mol. The zero-order valence-electron chi connectivity index (χ0n) is 18.3. The average molecular weight is 442 g/mol. The second-order valence-corrected chi connectivity index (χ2v) is 10.0. The van der Waals surface area contributed by atoms with Crippen LogP contribution in [0.1, 0.15) is 33.7 Å². The molecule has 3 heterocycles. The van der Waals surface area contributed by atoms with E-state index in [4.69, 9.17) is 0 Å². The highest BCUT2D eigenvalue weighted by molar-refractivity contribution is 7.89. The summed E-state index contributed by atoms with van der Waals surface area (Å²) in [6, 6.07) is 8.67. The van der Waals surface area contributed by atoms with Gasteiger partial charge >= 0.3 is 0 Å². The lowest BCUT2D eigenvalue weighted by Crippen LogP contribution is -2.37. The summed E-state index contributed by atoms with van der Waals surface area (Å²) in [5.74, 6) is -0.110. The van der Waals surface area contributed by atoms with Crippen molar-refractivity contribution in [2.24, 2.45) is 7.05 Å². The molecule has 1 saturated heterocycles. The van der Waals surface area contributed by atoms with Gasteiger partial charge in [-0.25, -0.2) is 13.4 Å². The van der Waals surface area contributed by atoms with Crippen LogP contribution < -0.4 is 0 Å². The lowest BCUT2D eigenvalue weighted by molar-refractivity contribution is 0.0766. The van der Waals surface area contributed by atoms with Crippen LogP contribution in [-0.2, 0) is 17.1 Å². The van der Waals surface area contributed by atoms with Crippen LogP contribution in [0.25, 0.3) is 11.0 Å². The van der Waals surface area contributed by atoms with Crippen LogP contribution in [0.2, 0.25) is 0 Å². The summed E-state index contributed by atoms with van der Waals surface area (Å²) in [5.41, 5.74) is 3.77. The number of sulfonamides is 1. The minimum absolute atomic E-state index is 0.110. The molecule has 2 aromatic heterocycles. The largest absolute Gasteiger partial charge is 0.337 e. The van der Waals surface area contributed by atoms with Gasteiger partial charge in [0.1, 0.15) is 0 Å². The zero-order valence-corrected chi connectivity index (χ0v) is 19.1. The summed E-state index contributed by atoms with van der Waals surface area (Å²) >= 11 is 0. The molecule has 3 aromatic rings. The molecule has 1 aliphatic heterocycles. The maximum Gasteiger partial charge on any atom is 0.254 e. The van der Waals surface area contributed by atoms with E-state index in [9.17, 15) is 13.2 Å². The minimum atomic E-state index is -3.59. The van der Waals surface area contributed by atoms with Crippen LogP contribution in [0.4, 0.5) is 0 Å². The summed E-state index contributed by atoms with van der Waals surface area (Å²) in [7, 11) is -1.77. The third kappa shape index (κ3) is 3.95. The van der Waals surface area contributed by atoms with Crippen molar-refractivity contribution in [2.45, 2.75) is 32.1 Å². The fraction of sp³-hybridized carbons (Fsp3) is 0.409. The molecule has 4 rings (SSSR count). The maximum absolute atomic E-state index is 13.4. The van der Waals surface area contributed by atoms with E-state index in [1.807, 2.05) is 27.8 Å². The highest BCUT2D eigenvalue weighted by atomic mass is 32.2. The summed E-state index contributed by atoms with van der Waals surface area (Å²) < 4.78 is 29.3. The molecule has 31 heavy (non-hydrogen) atoms. The van der Waals surface area contributed by atoms with E-state index in [-0.39, 0.29) is 17.3 Å². The van der Waals surface area contributed by atoms with Crippen molar-refractivity contribution >= 4 is 27.0 Å². The molecule has 1 amide bonds. The van der Waals surface area contributed by atoms with Crippen LogP contribution >= 0.6 is 0 Å². The van der Waals surface area contributed by atoms with Gasteiger partial charge in [-0.3, -0.25) is 9.48 Å². The highest BCUT2D eigenvalue weighted by Crippen LogP contribution is 2.24. The predicted molar refractivity (Wildman–Crippen MR) is 118 cm³/mol. The number of nitrogens with zero attached hydrogens (tertiary/aromatic N) is 5. The number of benzene rings is 1. The molecule has 0 aliphatic carbocycles. The molecule has 1 aromatic carbocycles. The Bertz CT molecular complexity index is 1250. The van der Waals surface area contributed by atoms with Crippen LogP contribution in [0.15, 0.2) is 35.2 Å². The quantitative estimate of drug-likeness (QED) is 0.623. The first-order chi connectivity index (χ1) is 14.7. The van der Waals surface area contributed by atoms with Gasteiger partial charge in [0.25, 0.3) is 5.91 Å². The normalized spacial score (nSPS) is 15.9. The highest BCUT2D eigenvalue weighted by Gasteiger charge is 2.29. The summed E-state index contributed by atoms with van der Waals surface area (Å²) in [6.45, 7) is 7.14. The topological polar surface area (TPSA) is 88.4 Å². The molecular weight excluding hydrogens is 414 g/mol. The fourth-order valence-electron chi connectivity index (χ4n) is 4.11. The third-order valence-electron chi connectivity index (χ3n) is 5.73. The molecule has 164 valence electrons. The average Bonchev–Trinajstić information content (AvgIpc) is 2.89. The van der Waals surface area contributed by atoms with E-state index in [0.717, 1.165) is 22.3 Å². The third-order valence-corrected chi connectivity index (χ3v) is 7.64. The van der Waals surface area contributed by atoms with Crippen molar-refractivity contribution in [3.8, 4) is 0 Å². The van der Waals surface area contributed by atoms with E-state index < -0.39 is 10.0 Å². The van der Waals surface area contributed by atoms with Gasteiger partial charge in [0.05, 0.1) is 21.5 Å².